The number of imidazole rings is 1. The van der Waals surface area contributed by atoms with Crippen LogP contribution in [0.25, 0.3) is 16.9 Å². The minimum absolute atomic E-state index is 0.00757. The highest BCUT2D eigenvalue weighted by atomic mass is 32.2. The van der Waals surface area contributed by atoms with Crippen LogP contribution in [0.4, 0.5) is 5.82 Å². The van der Waals surface area contributed by atoms with Crippen LogP contribution in [0.1, 0.15) is 23.1 Å². The zero-order valence-corrected chi connectivity index (χ0v) is 18.3. The predicted molar refractivity (Wildman–Crippen MR) is 125 cm³/mol. The average molecular weight is 416 g/mol. The minimum Gasteiger partial charge on any atom is -0.310 e. The van der Waals surface area contributed by atoms with E-state index in [0.29, 0.717) is 6.42 Å². The summed E-state index contributed by atoms with van der Waals surface area (Å²) < 4.78 is 1.96. The quantitative estimate of drug-likeness (QED) is 0.390. The van der Waals surface area contributed by atoms with Crippen LogP contribution < -0.4 is 5.32 Å². The van der Waals surface area contributed by atoms with Gasteiger partial charge in [-0.3, -0.25) is 9.20 Å². The summed E-state index contributed by atoms with van der Waals surface area (Å²) in [4.78, 5) is 18.8. The molecule has 0 fully saturated rings. The lowest BCUT2D eigenvalue weighted by Gasteiger charge is -2.09. The van der Waals surface area contributed by atoms with Crippen LogP contribution >= 0.6 is 11.8 Å². The number of rotatable bonds is 6. The van der Waals surface area contributed by atoms with E-state index in [4.69, 9.17) is 4.98 Å². The van der Waals surface area contributed by atoms with E-state index in [0.717, 1.165) is 34.0 Å². The van der Waals surface area contributed by atoms with Gasteiger partial charge in [-0.25, -0.2) is 4.98 Å². The van der Waals surface area contributed by atoms with E-state index < -0.39 is 0 Å². The molecule has 0 saturated carbocycles. The number of pyridine rings is 1. The summed E-state index contributed by atoms with van der Waals surface area (Å²) in [5.41, 5.74) is 6.27. The number of benzene rings is 2. The Hall–Kier alpha value is -3.05. The molecule has 0 radical (unpaired) electrons. The number of amides is 1. The Kier molecular flexibility index (Phi) is 5.91. The van der Waals surface area contributed by atoms with Gasteiger partial charge in [0.1, 0.15) is 17.2 Å². The van der Waals surface area contributed by atoms with Crippen molar-refractivity contribution in [1.82, 2.24) is 9.38 Å². The molecular formula is C25H25N3OS. The first-order valence-corrected chi connectivity index (χ1v) is 11.0. The summed E-state index contributed by atoms with van der Waals surface area (Å²) in [5, 5.41) is 3.11. The zero-order valence-electron chi connectivity index (χ0n) is 17.5. The average Bonchev–Trinajstić information content (AvgIpc) is 3.11. The summed E-state index contributed by atoms with van der Waals surface area (Å²) in [6.45, 7) is 6.26. The van der Waals surface area contributed by atoms with Crippen molar-refractivity contribution in [3.8, 4) is 11.3 Å². The molecule has 4 aromatic rings. The molecule has 0 aliphatic carbocycles. The van der Waals surface area contributed by atoms with E-state index >= 15 is 0 Å². The lowest BCUT2D eigenvalue weighted by molar-refractivity contribution is -0.115. The lowest BCUT2D eigenvalue weighted by Crippen LogP contribution is -2.14. The molecule has 2 aromatic carbocycles. The third-order valence-electron chi connectivity index (χ3n) is 5.23. The highest BCUT2D eigenvalue weighted by Gasteiger charge is 2.17. The van der Waals surface area contributed by atoms with Crippen molar-refractivity contribution < 1.29 is 4.79 Å². The molecule has 0 unspecified atom stereocenters. The molecule has 0 spiro atoms. The third-order valence-corrected chi connectivity index (χ3v) is 6.22. The topological polar surface area (TPSA) is 46.4 Å². The Bertz CT molecular complexity index is 1200. The van der Waals surface area contributed by atoms with Gasteiger partial charge in [-0.2, -0.15) is 0 Å². The van der Waals surface area contributed by atoms with Crippen LogP contribution in [0, 0.1) is 20.8 Å². The SMILES string of the molecule is Cc1ccc(SCCC(=O)Nc2c(-c3ccccc3)nc3c(C)cccn23)cc1C. The van der Waals surface area contributed by atoms with Crippen molar-refractivity contribution in [2.45, 2.75) is 32.1 Å². The van der Waals surface area contributed by atoms with Gasteiger partial charge in [-0.1, -0.05) is 42.5 Å². The molecule has 152 valence electrons. The van der Waals surface area contributed by atoms with E-state index in [2.05, 4.69) is 37.4 Å². The van der Waals surface area contributed by atoms with Gasteiger partial charge in [0, 0.05) is 28.8 Å². The predicted octanol–water partition coefficient (Wildman–Crippen LogP) is 6.05. The molecule has 1 amide bonds. The van der Waals surface area contributed by atoms with Gasteiger partial charge in [0.15, 0.2) is 0 Å². The first kappa shape index (κ1) is 20.2. The second-order valence-electron chi connectivity index (χ2n) is 7.45. The van der Waals surface area contributed by atoms with Gasteiger partial charge in [0.2, 0.25) is 5.91 Å². The van der Waals surface area contributed by atoms with Crippen molar-refractivity contribution >= 4 is 29.1 Å². The smallest absolute Gasteiger partial charge is 0.226 e. The summed E-state index contributed by atoms with van der Waals surface area (Å²) in [7, 11) is 0. The Balaban J connectivity index is 1.53. The van der Waals surface area contributed by atoms with Gasteiger partial charge in [0.25, 0.3) is 0 Å². The number of aromatic nitrogens is 2. The summed E-state index contributed by atoms with van der Waals surface area (Å²) in [6, 6.07) is 20.4. The number of anilines is 1. The normalized spacial score (nSPS) is 11.0. The number of carbonyl (C=O) groups excluding carboxylic acids is 1. The molecule has 30 heavy (non-hydrogen) atoms. The second-order valence-corrected chi connectivity index (χ2v) is 8.62. The molecule has 5 heteroatoms. The molecule has 1 N–H and O–H groups in total. The largest absolute Gasteiger partial charge is 0.310 e. The van der Waals surface area contributed by atoms with Crippen molar-refractivity contribution in [2.75, 3.05) is 11.1 Å². The van der Waals surface area contributed by atoms with Crippen LogP contribution in [0.2, 0.25) is 0 Å². The van der Waals surface area contributed by atoms with E-state index in [-0.39, 0.29) is 5.91 Å². The number of carbonyl (C=O) groups is 1. The molecule has 4 nitrogen and oxygen atoms in total. The highest BCUT2D eigenvalue weighted by molar-refractivity contribution is 7.99. The molecule has 2 heterocycles. The zero-order chi connectivity index (χ0) is 21.1. The first-order valence-electron chi connectivity index (χ1n) is 10.1. The highest BCUT2D eigenvalue weighted by Crippen LogP contribution is 2.30. The van der Waals surface area contributed by atoms with Crippen LogP contribution in [0.3, 0.4) is 0 Å². The van der Waals surface area contributed by atoms with E-state index in [9.17, 15) is 4.79 Å². The summed E-state index contributed by atoms with van der Waals surface area (Å²) in [5.74, 6) is 1.44. The second kappa shape index (κ2) is 8.76. The van der Waals surface area contributed by atoms with Gasteiger partial charge in [-0.05, 0) is 55.7 Å². The molecule has 0 aliphatic rings. The van der Waals surface area contributed by atoms with Crippen molar-refractivity contribution in [2.24, 2.45) is 0 Å². The molecule has 0 bridgehead atoms. The molecule has 2 aromatic heterocycles. The van der Waals surface area contributed by atoms with Gasteiger partial charge in [-0.15, -0.1) is 11.8 Å². The molecular weight excluding hydrogens is 390 g/mol. The Morgan fingerprint density at radius 3 is 2.53 bits per heavy atom. The molecule has 4 rings (SSSR count). The first-order chi connectivity index (χ1) is 14.5. The molecule has 0 atom stereocenters. The Labute approximate surface area is 181 Å². The van der Waals surface area contributed by atoms with Crippen LogP contribution in [-0.4, -0.2) is 21.0 Å². The number of nitrogens with zero attached hydrogens (tertiary/aromatic N) is 2. The van der Waals surface area contributed by atoms with E-state index in [1.54, 1.807) is 11.8 Å². The Morgan fingerprint density at radius 1 is 0.967 bits per heavy atom. The molecule has 0 saturated heterocycles. The van der Waals surface area contributed by atoms with Crippen molar-refractivity contribution in [3.63, 3.8) is 0 Å². The summed E-state index contributed by atoms with van der Waals surface area (Å²) >= 11 is 1.71. The maximum Gasteiger partial charge on any atom is 0.226 e. The standard InChI is InChI=1S/C25H25N3OS/c1-17-11-12-21(16-19(17)3)30-15-13-22(29)26-25-23(20-9-5-4-6-10-20)27-24-18(2)8-7-14-28(24)25/h4-12,14,16H,13,15H2,1-3H3,(H,26,29). The fraction of sp³-hybridized carbons (Fsp3) is 0.200. The Morgan fingerprint density at radius 2 is 1.77 bits per heavy atom. The van der Waals surface area contributed by atoms with Gasteiger partial charge >= 0.3 is 0 Å². The maximum atomic E-state index is 12.8. The van der Waals surface area contributed by atoms with E-state index in [1.807, 2.05) is 60.0 Å². The monoisotopic (exact) mass is 415 g/mol. The summed E-state index contributed by atoms with van der Waals surface area (Å²) in [6.07, 6.45) is 2.38. The molecule has 0 aliphatic heterocycles. The fourth-order valence-electron chi connectivity index (χ4n) is 3.38. The van der Waals surface area contributed by atoms with Crippen LogP contribution in [-0.2, 0) is 4.79 Å². The van der Waals surface area contributed by atoms with Crippen molar-refractivity contribution in [1.29, 1.82) is 0 Å². The van der Waals surface area contributed by atoms with Crippen LogP contribution in [0.5, 0.6) is 0 Å². The number of hydrogen-bond donors (Lipinski definition) is 1. The fourth-order valence-corrected chi connectivity index (χ4v) is 4.33. The number of thioether (sulfide) groups is 1. The maximum absolute atomic E-state index is 12.8. The van der Waals surface area contributed by atoms with Crippen LogP contribution in [0.15, 0.2) is 71.8 Å². The number of fused-ring (bicyclic) bond motifs is 1. The number of aryl methyl sites for hydroxylation is 3. The minimum atomic E-state index is -0.00757. The number of hydrogen-bond acceptors (Lipinski definition) is 3. The number of nitrogens with one attached hydrogen (secondary N) is 1. The lowest BCUT2D eigenvalue weighted by atomic mass is 10.1. The van der Waals surface area contributed by atoms with Gasteiger partial charge in [0.05, 0.1) is 0 Å². The van der Waals surface area contributed by atoms with Gasteiger partial charge < -0.3 is 5.32 Å². The third kappa shape index (κ3) is 4.26. The van der Waals surface area contributed by atoms with Crippen molar-refractivity contribution in [3.05, 3.63) is 83.6 Å². The van der Waals surface area contributed by atoms with E-state index in [1.165, 1.54) is 16.0 Å².